The van der Waals surface area contributed by atoms with Gasteiger partial charge in [-0.2, -0.15) is 0 Å². The van der Waals surface area contributed by atoms with Gasteiger partial charge in [0.1, 0.15) is 0 Å². The lowest BCUT2D eigenvalue weighted by atomic mass is 9.85. The summed E-state index contributed by atoms with van der Waals surface area (Å²) in [5.41, 5.74) is 6.67. The van der Waals surface area contributed by atoms with Crippen molar-refractivity contribution in [2.24, 2.45) is 0 Å². The number of nitrogens with one attached hydrogen (secondary N) is 2. The molecule has 2 heterocycles. The van der Waals surface area contributed by atoms with Gasteiger partial charge in [0, 0.05) is 61.2 Å². The maximum absolute atomic E-state index is 13.4. The van der Waals surface area contributed by atoms with E-state index in [9.17, 15) is 18.7 Å². The van der Waals surface area contributed by atoms with Gasteiger partial charge in [-0.05, 0) is 79.0 Å². The molecule has 5 nitrogen and oxygen atoms in total. The number of carboxylic acid groups (broad SMARTS) is 1. The second-order valence-electron chi connectivity index (χ2n) is 11.1. The minimum absolute atomic E-state index is 0.0786. The van der Waals surface area contributed by atoms with Gasteiger partial charge in [0.15, 0.2) is 0 Å². The Morgan fingerprint density at radius 3 is 2.56 bits per heavy atom. The van der Waals surface area contributed by atoms with Crippen molar-refractivity contribution < 1.29 is 18.7 Å². The van der Waals surface area contributed by atoms with E-state index in [2.05, 4.69) is 34.3 Å². The van der Waals surface area contributed by atoms with Crippen molar-refractivity contribution in [3.8, 4) is 0 Å². The molecule has 3 aromatic rings. The van der Waals surface area contributed by atoms with Crippen LogP contribution in [-0.2, 0) is 6.54 Å². The van der Waals surface area contributed by atoms with Crippen molar-refractivity contribution in [2.75, 3.05) is 6.54 Å². The first-order valence-corrected chi connectivity index (χ1v) is 13.1. The van der Waals surface area contributed by atoms with Crippen LogP contribution in [0.3, 0.4) is 0 Å². The van der Waals surface area contributed by atoms with E-state index in [1.807, 2.05) is 18.3 Å². The number of aromatic amines is 1. The van der Waals surface area contributed by atoms with Crippen LogP contribution in [-0.4, -0.2) is 45.5 Å². The lowest BCUT2D eigenvalue weighted by Crippen LogP contribution is -2.54. The smallest absolute Gasteiger partial charge is 0.335 e. The van der Waals surface area contributed by atoms with Crippen molar-refractivity contribution in [1.29, 1.82) is 0 Å². The molecule has 3 aliphatic rings. The van der Waals surface area contributed by atoms with Crippen LogP contribution in [0.5, 0.6) is 0 Å². The molecule has 190 valence electrons. The van der Waals surface area contributed by atoms with Crippen molar-refractivity contribution in [1.82, 2.24) is 15.2 Å². The monoisotopic (exact) mass is 493 g/mol. The van der Waals surface area contributed by atoms with Crippen LogP contribution in [0.25, 0.3) is 10.9 Å². The lowest BCUT2D eigenvalue weighted by molar-refractivity contribution is -0.0965. The average Bonchev–Trinajstić information content (AvgIpc) is 3.55. The molecule has 1 aliphatic heterocycles. The summed E-state index contributed by atoms with van der Waals surface area (Å²) in [5, 5.41) is 14.1. The number of halogens is 2. The highest BCUT2D eigenvalue weighted by Crippen LogP contribution is 2.45. The molecule has 0 amide bonds. The molecule has 3 N–H and O–H groups in total. The molecule has 1 aromatic heterocycles. The highest BCUT2D eigenvalue weighted by Gasteiger charge is 2.46. The number of piperidine rings is 1. The molecule has 7 heteroatoms. The summed E-state index contributed by atoms with van der Waals surface area (Å²) in [7, 11) is 0. The topological polar surface area (TPSA) is 68.4 Å². The maximum Gasteiger partial charge on any atom is 0.335 e. The molecule has 2 aliphatic carbocycles. The molecule has 6 rings (SSSR count). The third-order valence-corrected chi connectivity index (χ3v) is 8.38. The number of carboxylic acids is 1. The number of benzene rings is 2. The zero-order valence-electron chi connectivity index (χ0n) is 20.6. The molecule has 1 saturated heterocycles. The SMILES string of the molecule is Cc1cc(C2CC2)c(CN2CC[C@@H](NC3CC(F)(F)C3)C[C@@H]2c2ccc(C(=O)O)cc2)c2cc[nH]c12. The maximum atomic E-state index is 13.4. The van der Waals surface area contributed by atoms with Crippen molar-refractivity contribution in [3.05, 3.63) is 70.4 Å². The summed E-state index contributed by atoms with van der Waals surface area (Å²) in [6.07, 6.45) is 6.06. The molecule has 0 spiro atoms. The zero-order valence-corrected chi connectivity index (χ0v) is 20.6. The van der Waals surface area contributed by atoms with Gasteiger partial charge in [-0.1, -0.05) is 18.2 Å². The third-order valence-electron chi connectivity index (χ3n) is 8.38. The lowest BCUT2D eigenvalue weighted by Gasteiger charge is -2.44. The number of alkyl halides is 2. The molecule has 0 radical (unpaired) electrons. The number of aromatic carboxylic acids is 1. The first-order valence-electron chi connectivity index (χ1n) is 13.1. The predicted molar refractivity (Wildman–Crippen MR) is 136 cm³/mol. The Morgan fingerprint density at radius 2 is 1.89 bits per heavy atom. The summed E-state index contributed by atoms with van der Waals surface area (Å²) in [6, 6.07) is 11.9. The molecule has 2 atom stereocenters. The number of H-pyrrole nitrogens is 1. The number of aryl methyl sites for hydroxylation is 1. The molecule has 2 aromatic carbocycles. The minimum Gasteiger partial charge on any atom is -0.478 e. The Hall–Kier alpha value is -2.77. The van der Waals surface area contributed by atoms with Crippen molar-refractivity contribution in [2.45, 2.75) is 82.0 Å². The summed E-state index contributed by atoms with van der Waals surface area (Å²) in [6.45, 7) is 3.85. The number of carbonyl (C=O) groups is 1. The van der Waals surface area contributed by atoms with E-state index in [1.54, 1.807) is 12.1 Å². The predicted octanol–water partition coefficient (Wildman–Crippen LogP) is 6.14. The molecular weight excluding hydrogens is 460 g/mol. The van der Waals surface area contributed by atoms with Gasteiger partial charge in [0.25, 0.3) is 5.92 Å². The van der Waals surface area contributed by atoms with E-state index >= 15 is 0 Å². The minimum atomic E-state index is -2.53. The molecule has 36 heavy (non-hydrogen) atoms. The van der Waals surface area contributed by atoms with E-state index < -0.39 is 11.9 Å². The summed E-state index contributed by atoms with van der Waals surface area (Å²) in [5.74, 6) is -2.83. The van der Waals surface area contributed by atoms with E-state index in [0.717, 1.165) is 31.5 Å². The number of hydrogen-bond donors (Lipinski definition) is 3. The van der Waals surface area contributed by atoms with Gasteiger partial charge < -0.3 is 15.4 Å². The Bertz CT molecular complexity index is 1270. The zero-order chi connectivity index (χ0) is 25.0. The number of hydrogen-bond acceptors (Lipinski definition) is 3. The normalized spacial score (nSPS) is 24.6. The van der Waals surface area contributed by atoms with Gasteiger partial charge >= 0.3 is 5.97 Å². The first-order chi connectivity index (χ1) is 17.3. The average molecular weight is 494 g/mol. The highest BCUT2D eigenvalue weighted by molar-refractivity contribution is 5.88. The van der Waals surface area contributed by atoms with Crippen LogP contribution >= 0.6 is 0 Å². The second kappa shape index (κ2) is 8.96. The molecule has 2 saturated carbocycles. The number of aromatic nitrogens is 1. The van der Waals surface area contributed by atoms with Crippen LogP contribution in [0.4, 0.5) is 8.78 Å². The number of rotatable bonds is 7. The fraction of sp³-hybridized carbons (Fsp3) is 0.483. The number of nitrogens with zero attached hydrogens (tertiary/aromatic N) is 1. The first kappa shape index (κ1) is 23.6. The molecule has 0 bridgehead atoms. The Balaban J connectivity index is 1.30. The van der Waals surface area contributed by atoms with Gasteiger partial charge in [-0.15, -0.1) is 0 Å². The van der Waals surface area contributed by atoms with E-state index in [-0.39, 0.29) is 36.5 Å². The Labute approximate surface area is 209 Å². The summed E-state index contributed by atoms with van der Waals surface area (Å²) < 4.78 is 26.9. The Kier molecular flexibility index (Phi) is 5.88. The van der Waals surface area contributed by atoms with Crippen molar-refractivity contribution in [3.63, 3.8) is 0 Å². The van der Waals surface area contributed by atoms with Gasteiger partial charge in [0.05, 0.1) is 5.56 Å². The van der Waals surface area contributed by atoms with E-state index in [0.29, 0.717) is 5.92 Å². The standard InChI is InChI=1S/C29H33F2N3O2/c1-17-12-24(18-2-3-18)25(23-8-10-32-27(17)23)16-34-11-9-21(33-22-14-29(30,31)15-22)13-26(34)19-4-6-20(7-5-19)28(35)36/h4-8,10,12,18,21-22,26,32-33H,2-3,9,11,13-16H2,1H3,(H,35,36)/t21-,26-/m1/s1. The van der Waals surface area contributed by atoms with Crippen LogP contribution in [0.1, 0.15) is 83.1 Å². The van der Waals surface area contributed by atoms with Crippen LogP contribution in [0, 0.1) is 6.92 Å². The second-order valence-corrected chi connectivity index (χ2v) is 11.1. The fourth-order valence-corrected chi connectivity index (χ4v) is 6.30. The molecule has 0 unspecified atom stereocenters. The highest BCUT2D eigenvalue weighted by atomic mass is 19.3. The quantitative estimate of drug-likeness (QED) is 0.370. The largest absolute Gasteiger partial charge is 0.478 e. The Morgan fingerprint density at radius 1 is 1.14 bits per heavy atom. The van der Waals surface area contributed by atoms with Crippen LogP contribution in [0.2, 0.25) is 0 Å². The third kappa shape index (κ3) is 4.55. The number of likely N-dealkylation sites (tertiary alicyclic amines) is 1. The van der Waals surface area contributed by atoms with Crippen LogP contribution in [0.15, 0.2) is 42.6 Å². The van der Waals surface area contributed by atoms with Gasteiger partial charge in [-0.3, -0.25) is 4.90 Å². The van der Waals surface area contributed by atoms with E-state index in [1.165, 1.54) is 40.4 Å². The van der Waals surface area contributed by atoms with Crippen LogP contribution < -0.4 is 5.32 Å². The summed E-state index contributed by atoms with van der Waals surface area (Å²) >= 11 is 0. The van der Waals surface area contributed by atoms with Gasteiger partial charge in [0.2, 0.25) is 0 Å². The number of fused-ring (bicyclic) bond motifs is 1. The summed E-state index contributed by atoms with van der Waals surface area (Å²) in [4.78, 5) is 17.3. The van der Waals surface area contributed by atoms with Gasteiger partial charge in [-0.25, -0.2) is 13.6 Å². The molecule has 3 fully saturated rings. The van der Waals surface area contributed by atoms with E-state index in [4.69, 9.17) is 0 Å². The molecular formula is C29H33F2N3O2. The fourth-order valence-electron chi connectivity index (χ4n) is 6.30. The van der Waals surface area contributed by atoms with Crippen molar-refractivity contribution >= 4 is 16.9 Å².